The van der Waals surface area contributed by atoms with Crippen LogP contribution in [0.3, 0.4) is 0 Å². The van der Waals surface area contributed by atoms with Gasteiger partial charge in [-0.05, 0) is 50.5 Å². The average molecular weight is 297 g/mol. The molecule has 1 heterocycles. The van der Waals surface area contributed by atoms with Crippen molar-refractivity contribution in [2.24, 2.45) is 0 Å². The molecule has 0 saturated carbocycles. The highest BCUT2D eigenvalue weighted by molar-refractivity contribution is 6.03. The van der Waals surface area contributed by atoms with Crippen LogP contribution in [-0.2, 0) is 0 Å². The first kappa shape index (κ1) is 16.0. The van der Waals surface area contributed by atoms with Crippen LogP contribution in [0.25, 0.3) is 0 Å². The monoisotopic (exact) mass is 297 g/mol. The van der Waals surface area contributed by atoms with Crippen LogP contribution in [0, 0.1) is 20.8 Å². The molecule has 0 atom stereocenters. The highest BCUT2D eigenvalue weighted by atomic mass is 16.1. The van der Waals surface area contributed by atoms with Gasteiger partial charge in [0.25, 0.3) is 5.91 Å². The van der Waals surface area contributed by atoms with Gasteiger partial charge in [0.05, 0.1) is 11.9 Å². The van der Waals surface area contributed by atoms with Crippen molar-refractivity contribution < 1.29 is 4.79 Å². The van der Waals surface area contributed by atoms with Crippen molar-refractivity contribution in [2.45, 2.75) is 34.1 Å². The zero-order valence-electron chi connectivity index (χ0n) is 13.7. The molecule has 0 spiro atoms. The van der Waals surface area contributed by atoms with Crippen LogP contribution in [0.15, 0.2) is 30.5 Å². The molecular formula is C18H23N3O. The lowest BCUT2D eigenvalue weighted by molar-refractivity contribution is 0.102. The number of benzene rings is 1. The minimum Gasteiger partial charge on any atom is -0.384 e. The lowest BCUT2D eigenvalue weighted by Gasteiger charge is -2.12. The fourth-order valence-electron chi connectivity index (χ4n) is 2.46. The van der Waals surface area contributed by atoms with Gasteiger partial charge in [0.1, 0.15) is 5.69 Å². The molecule has 116 valence electrons. The van der Waals surface area contributed by atoms with Gasteiger partial charge in [-0.25, -0.2) is 4.98 Å². The minimum atomic E-state index is -0.183. The van der Waals surface area contributed by atoms with E-state index in [2.05, 4.69) is 41.6 Å². The van der Waals surface area contributed by atoms with Crippen LogP contribution in [0.2, 0.25) is 0 Å². The molecule has 0 aliphatic heterocycles. The zero-order valence-corrected chi connectivity index (χ0v) is 13.7. The van der Waals surface area contributed by atoms with Gasteiger partial charge in [0.2, 0.25) is 0 Å². The van der Waals surface area contributed by atoms with Gasteiger partial charge in [-0.3, -0.25) is 4.79 Å². The third-order valence-electron chi connectivity index (χ3n) is 3.49. The Kier molecular flexibility index (Phi) is 5.15. The van der Waals surface area contributed by atoms with E-state index in [1.165, 1.54) is 5.56 Å². The molecule has 1 amide bonds. The van der Waals surface area contributed by atoms with Crippen LogP contribution in [0.5, 0.6) is 0 Å². The molecule has 4 nitrogen and oxygen atoms in total. The quantitative estimate of drug-likeness (QED) is 0.874. The number of pyridine rings is 1. The molecule has 22 heavy (non-hydrogen) atoms. The number of nitrogens with one attached hydrogen (secondary N) is 2. The number of amides is 1. The van der Waals surface area contributed by atoms with Gasteiger partial charge in [0, 0.05) is 12.2 Å². The number of rotatable bonds is 5. The van der Waals surface area contributed by atoms with E-state index in [9.17, 15) is 4.79 Å². The van der Waals surface area contributed by atoms with Gasteiger partial charge in [-0.2, -0.15) is 0 Å². The van der Waals surface area contributed by atoms with Gasteiger partial charge in [-0.1, -0.05) is 24.6 Å². The van der Waals surface area contributed by atoms with E-state index in [0.717, 1.165) is 35.5 Å². The van der Waals surface area contributed by atoms with E-state index in [1.807, 2.05) is 19.9 Å². The molecule has 0 bridgehead atoms. The van der Waals surface area contributed by atoms with Gasteiger partial charge >= 0.3 is 0 Å². The Bertz CT molecular complexity index is 640. The van der Waals surface area contributed by atoms with E-state index in [0.29, 0.717) is 5.69 Å². The van der Waals surface area contributed by atoms with Crippen LogP contribution in [0.1, 0.15) is 40.5 Å². The van der Waals surface area contributed by atoms with Gasteiger partial charge in [0.15, 0.2) is 0 Å². The number of carbonyl (C=O) groups is 1. The number of aromatic nitrogens is 1. The third-order valence-corrected chi connectivity index (χ3v) is 3.49. The first-order chi connectivity index (χ1) is 10.5. The molecule has 2 aromatic rings. The summed E-state index contributed by atoms with van der Waals surface area (Å²) in [5.41, 5.74) is 5.53. The number of aryl methyl sites for hydroxylation is 3. The van der Waals surface area contributed by atoms with Gasteiger partial charge < -0.3 is 10.6 Å². The number of anilines is 2. The Hall–Kier alpha value is -2.36. The predicted molar refractivity (Wildman–Crippen MR) is 91.6 cm³/mol. The molecule has 0 radical (unpaired) electrons. The Balaban J connectivity index is 2.12. The van der Waals surface area contributed by atoms with Crippen LogP contribution in [-0.4, -0.2) is 17.4 Å². The van der Waals surface area contributed by atoms with Gasteiger partial charge in [-0.15, -0.1) is 0 Å². The lowest BCUT2D eigenvalue weighted by Crippen LogP contribution is -2.15. The van der Waals surface area contributed by atoms with Crippen molar-refractivity contribution in [1.29, 1.82) is 0 Å². The Morgan fingerprint density at radius 1 is 1.14 bits per heavy atom. The summed E-state index contributed by atoms with van der Waals surface area (Å²) in [4.78, 5) is 16.6. The fraction of sp³-hybridized carbons (Fsp3) is 0.333. The van der Waals surface area contributed by atoms with E-state index >= 15 is 0 Å². The summed E-state index contributed by atoms with van der Waals surface area (Å²) in [5, 5.41) is 6.20. The number of hydrogen-bond acceptors (Lipinski definition) is 3. The molecule has 0 unspecified atom stereocenters. The molecule has 0 fully saturated rings. The third kappa shape index (κ3) is 3.85. The van der Waals surface area contributed by atoms with E-state index in [4.69, 9.17) is 0 Å². The Morgan fingerprint density at radius 2 is 1.82 bits per heavy atom. The van der Waals surface area contributed by atoms with Crippen molar-refractivity contribution in [3.63, 3.8) is 0 Å². The van der Waals surface area contributed by atoms with Crippen molar-refractivity contribution >= 4 is 17.3 Å². The fourth-order valence-corrected chi connectivity index (χ4v) is 2.46. The van der Waals surface area contributed by atoms with Crippen molar-refractivity contribution in [3.8, 4) is 0 Å². The highest BCUT2D eigenvalue weighted by Crippen LogP contribution is 2.22. The largest absolute Gasteiger partial charge is 0.384 e. The normalized spacial score (nSPS) is 10.4. The van der Waals surface area contributed by atoms with Crippen molar-refractivity contribution in [3.05, 3.63) is 52.8 Å². The summed E-state index contributed by atoms with van der Waals surface area (Å²) in [6.07, 6.45) is 2.74. The van der Waals surface area contributed by atoms with Crippen LogP contribution >= 0.6 is 0 Å². The summed E-state index contributed by atoms with van der Waals surface area (Å²) in [6, 6.07) is 7.75. The maximum atomic E-state index is 12.3. The molecule has 0 aliphatic carbocycles. The molecule has 0 saturated heterocycles. The first-order valence-electron chi connectivity index (χ1n) is 7.60. The molecule has 2 rings (SSSR count). The first-order valence-corrected chi connectivity index (χ1v) is 7.60. The van der Waals surface area contributed by atoms with Crippen molar-refractivity contribution in [2.75, 3.05) is 17.2 Å². The minimum absolute atomic E-state index is 0.183. The maximum absolute atomic E-state index is 12.3. The standard InChI is InChI=1S/C18H23N3O/c1-5-8-19-15-6-7-16(20-11-15)18(22)21-17-13(3)9-12(2)10-14(17)4/h6-7,9-11,19H,5,8H2,1-4H3,(H,21,22). The number of carbonyl (C=O) groups excluding carboxylic acids is 1. The SMILES string of the molecule is CCCNc1ccc(C(=O)Nc2c(C)cc(C)cc2C)nc1. The summed E-state index contributed by atoms with van der Waals surface area (Å²) in [7, 11) is 0. The average Bonchev–Trinajstić information content (AvgIpc) is 2.49. The van der Waals surface area contributed by atoms with Crippen LogP contribution < -0.4 is 10.6 Å². The summed E-state index contributed by atoms with van der Waals surface area (Å²) in [5.74, 6) is -0.183. The van der Waals surface area contributed by atoms with Crippen LogP contribution in [0.4, 0.5) is 11.4 Å². The predicted octanol–water partition coefficient (Wildman–Crippen LogP) is 4.08. The second kappa shape index (κ2) is 7.07. The maximum Gasteiger partial charge on any atom is 0.274 e. The molecule has 1 aromatic heterocycles. The highest BCUT2D eigenvalue weighted by Gasteiger charge is 2.11. The number of hydrogen-bond donors (Lipinski definition) is 2. The second-order valence-electron chi connectivity index (χ2n) is 5.59. The lowest BCUT2D eigenvalue weighted by atomic mass is 10.0. The molecule has 4 heteroatoms. The zero-order chi connectivity index (χ0) is 16.1. The summed E-state index contributed by atoms with van der Waals surface area (Å²) < 4.78 is 0. The summed E-state index contributed by atoms with van der Waals surface area (Å²) >= 11 is 0. The van der Waals surface area contributed by atoms with E-state index in [-0.39, 0.29) is 5.91 Å². The topological polar surface area (TPSA) is 54.0 Å². The smallest absolute Gasteiger partial charge is 0.274 e. The molecular weight excluding hydrogens is 274 g/mol. The van der Waals surface area contributed by atoms with E-state index in [1.54, 1.807) is 12.3 Å². The second-order valence-corrected chi connectivity index (χ2v) is 5.59. The summed E-state index contributed by atoms with van der Waals surface area (Å²) in [6.45, 7) is 9.06. The molecule has 0 aliphatic rings. The Labute approximate surface area is 132 Å². The van der Waals surface area contributed by atoms with Crippen molar-refractivity contribution in [1.82, 2.24) is 4.98 Å². The Morgan fingerprint density at radius 3 is 2.36 bits per heavy atom. The van der Waals surface area contributed by atoms with E-state index < -0.39 is 0 Å². The molecule has 2 N–H and O–H groups in total. The number of nitrogens with zero attached hydrogens (tertiary/aromatic N) is 1. The molecule has 1 aromatic carbocycles.